The van der Waals surface area contributed by atoms with Crippen molar-refractivity contribution >= 4 is 46.5 Å². The summed E-state index contributed by atoms with van der Waals surface area (Å²) < 4.78 is 0. The van der Waals surface area contributed by atoms with E-state index in [1.54, 1.807) is 42.5 Å². The van der Waals surface area contributed by atoms with Gasteiger partial charge in [-0.05, 0) is 41.7 Å². The van der Waals surface area contributed by atoms with Crippen LogP contribution >= 0.6 is 23.2 Å². The molecule has 2 aliphatic rings. The lowest BCUT2D eigenvalue weighted by Gasteiger charge is -2.43. The van der Waals surface area contributed by atoms with Crippen molar-refractivity contribution in [2.24, 2.45) is 11.1 Å². The van der Waals surface area contributed by atoms with Gasteiger partial charge < -0.3 is 5.73 Å². The van der Waals surface area contributed by atoms with E-state index in [1.165, 1.54) is 4.90 Å². The molecule has 7 heteroatoms. The number of halogens is 2. The third-order valence-electron chi connectivity index (χ3n) is 5.89. The minimum atomic E-state index is -0.630. The average Bonchev–Trinajstić information content (AvgIpc) is 2.66. The summed E-state index contributed by atoms with van der Waals surface area (Å²) in [6, 6.07) is 11.8. The van der Waals surface area contributed by atoms with Gasteiger partial charge in [0.2, 0.25) is 5.91 Å². The third kappa shape index (κ3) is 3.88. The van der Waals surface area contributed by atoms with Gasteiger partial charge in [-0.1, -0.05) is 55.2 Å². The highest BCUT2D eigenvalue weighted by molar-refractivity contribution is 6.35. The number of carbonyl (C=O) groups is 3. The number of nitrogens with zero attached hydrogens (tertiary/aromatic N) is 1. The summed E-state index contributed by atoms with van der Waals surface area (Å²) in [4.78, 5) is 40.4. The summed E-state index contributed by atoms with van der Waals surface area (Å²) in [7, 11) is 0. The Morgan fingerprint density at radius 2 is 1.81 bits per heavy atom. The van der Waals surface area contributed by atoms with Crippen molar-refractivity contribution < 1.29 is 14.4 Å². The van der Waals surface area contributed by atoms with E-state index >= 15 is 0 Å². The predicted octanol–water partition coefficient (Wildman–Crippen LogP) is 5.26. The molecule has 0 saturated carbocycles. The molecule has 5 nitrogen and oxygen atoms in total. The van der Waals surface area contributed by atoms with Gasteiger partial charge >= 0.3 is 0 Å². The van der Waals surface area contributed by atoms with Gasteiger partial charge in [-0.3, -0.25) is 19.3 Å². The van der Waals surface area contributed by atoms with E-state index < -0.39 is 11.8 Å². The summed E-state index contributed by atoms with van der Waals surface area (Å²) in [6.07, 6.45) is 0.932. The molecule has 2 aromatic carbocycles. The van der Waals surface area contributed by atoms with E-state index in [4.69, 9.17) is 28.9 Å². The number of hydrogen-bond acceptors (Lipinski definition) is 3. The second kappa shape index (κ2) is 7.81. The largest absolute Gasteiger partial charge is 0.366 e. The van der Waals surface area contributed by atoms with Crippen LogP contribution in [0, 0.1) is 5.41 Å². The van der Waals surface area contributed by atoms with Crippen LogP contribution in [0.3, 0.4) is 0 Å². The van der Waals surface area contributed by atoms with Crippen molar-refractivity contribution in [2.45, 2.75) is 39.0 Å². The van der Waals surface area contributed by atoms with Crippen LogP contribution in [-0.4, -0.2) is 17.6 Å². The number of anilines is 1. The lowest BCUT2D eigenvalue weighted by atomic mass is 9.69. The first-order valence-corrected chi connectivity index (χ1v) is 10.8. The minimum Gasteiger partial charge on any atom is -0.366 e. The lowest BCUT2D eigenvalue weighted by Crippen LogP contribution is -2.44. The van der Waals surface area contributed by atoms with Crippen LogP contribution in [0.15, 0.2) is 53.7 Å². The Morgan fingerprint density at radius 3 is 2.48 bits per heavy atom. The van der Waals surface area contributed by atoms with Crippen LogP contribution in [0.1, 0.15) is 54.9 Å². The second-order valence-corrected chi connectivity index (χ2v) is 9.68. The van der Waals surface area contributed by atoms with Gasteiger partial charge in [0.1, 0.15) is 0 Å². The fraction of sp³-hybridized carbons (Fsp3) is 0.292. The van der Waals surface area contributed by atoms with Crippen LogP contribution in [-0.2, 0) is 9.59 Å². The fourth-order valence-corrected chi connectivity index (χ4v) is 5.16. The zero-order valence-corrected chi connectivity index (χ0v) is 18.8. The second-order valence-electron chi connectivity index (χ2n) is 8.83. The van der Waals surface area contributed by atoms with Crippen LogP contribution in [0.4, 0.5) is 5.69 Å². The average molecular weight is 457 g/mol. The van der Waals surface area contributed by atoms with Crippen LogP contribution in [0.2, 0.25) is 10.0 Å². The lowest BCUT2D eigenvalue weighted by molar-refractivity contribution is -0.121. The number of ketones is 1. The van der Waals surface area contributed by atoms with Gasteiger partial charge in [-0.15, -0.1) is 0 Å². The summed E-state index contributed by atoms with van der Waals surface area (Å²) in [5.41, 5.74) is 7.77. The number of Topliss-reactive ketones (excluding diaryl/α,β-unsaturated/α-hetero) is 1. The molecular formula is C24H22Cl2N2O3. The standard InChI is InChI=1S/C24H22Cl2N2O3/c1-24(2)11-19-22(20(29)12-24)16(14-8-7-13(25)9-17(14)26)10-21(30)28(19)18-6-4-3-5-15(18)23(27)31/h3-9,16H,10-12H2,1-2H3,(H2,27,31). The van der Waals surface area contributed by atoms with E-state index in [2.05, 4.69) is 0 Å². The Kier molecular flexibility index (Phi) is 5.44. The monoisotopic (exact) mass is 456 g/mol. The van der Waals surface area contributed by atoms with Crippen molar-refractivity contribution in [3.63, 3.8) is 0 Å². The van der Waals surface area contributed by atoms with Crippen molar-refractivity contribution in [3.8, 4) is 0 Å². The number of allylic oxidation sites excluding steroid dienone is 2. The molecule has 4 rings (SSSR count). The molecule has 0 saturated heterocycles. The smallest absolute Gasteiger partial charge is 0.250 e. The van der Waals surface area contributed by atoms with Crippen molar-refractivity contribution in [1.29, 1.82) is 0 Å². The Balaban J connectivity index is 1.96. The molecule has 31 heavy (non-hydrogen) atoms. The predicted molar refractivity (Wildman–Crippen MR) is 121 cm³/mol. The summed E-state index contributed by atoms with van der Waals surface area (Å²) >= 11 is 12.5. The Labute approximate surface area is 190 Å². The fourth-order valence-electron chi connectivity index (χ4n) is 4.62. The SMILES string of the molecule is CC1(C)CC(=O)C2=C(C1)N(c1ccccc1C(N)=O)C(=O)CC2c1ccc(Cl)cc1Cl. The minimum absolute atomic E-state index is 0.0173. The molecule has 1 atom stereocenters. The molecule has 0 fully saturated rings. The molecule has 0 radical (unpaired) electrons. The molecule has 1 aliphatic heterocycles. The highest BCUT2D eigenvalue weighted by Crippen LogP contribution is 2.49. The van der Waals surface area contributed by atoms with E-state index in [0.717, 1.165) is 0 Å². The maximum atomic E-state index is 13.5. The molecule has 2 aromatic rings. The van der Waals surface area contributed by atoms with Crippen LogP contribution < -0.4 is 10.6 Å². The van der Waals surface area contributed by atoms with E-state index in [0.29, 0.717) is 45.4 Å². The molecule has 0 bridgehead atoms. The van der Waals surface area contributed by atoms with E-state index in [1.807, 2.05) is 13.8 Å². The van der Waals surface area contributed by atoms with Gasteiger partial charge in [-0.2, -0.15) is 0 Å². The highest BCUT2D eigenvalue weighted by Gasteiger charge is 2.45. The number of benzene rings is 2. The molecule has 1 heterocycles. The van der Waals surface area contributed by atoms with Gasteiger partial charge in [0.25, 0.3) is 5.91 Å². The maximum absolute atomic E-state index is 13.5. The van der Waals surface area contributed by atoms with E-state index in [9.17, 15) is 14.4 Å². The van der Waals surface area contributed by atoms with E-state index in [-0.39, 0.29) is 29.1 Å². The van der Waals surface area contributed by atoms with Gasteiger partial charge in [0.15, 0.2) is 5.78 Å². The zero-order valence-electron chi connectivity index (χ0n) is 17.2. The van der Waals surface area contributed by atoms with Crippen molar-refractivity contribution in [3.05, 3.63) is 74.9 Å². The van der Waals surface area contributed by atoms with Crippen molar-refractivity contribution in [1.82, 2.24) is 0 Å². The quantitative estimate of drug-likeness (QED) is 0.683. The number of rotatable bonds is 3. The molecule has 1 aliphatic carbocycles. The Bertz CT molecular complexity index is 1150. The Hall–Kier alpha value is -2.63. The van der Waals surface area contributed by atoms with Crippen LogP contribution in [0.25, 0.3) is 0 Å². The molecule has 2 N–H and O–H groups in total. The van der Waals surface area contributed by atoms with Gasteiger partial charge in [0.05, 0.1) is 11.3 Å². The molecule has 160 valence electrons. The highest BCUT2D eigenvalue weighted by atomic mass is 35.5. The third-order valence-corrected chi connectivity index (χ3v) is 6.45. The molecule has 2 amide bonds. The summed E-state index contributed by atoms with van der Waals surface area (Å²) in [6.45, 7) is 3.99. The van der Waals surface area contributed by atoms with Crippen molar-refractivity contribution in [2.75, 3.05) is 4.90 Å². The summed E-state index contributed by atoms with van der Waals surface area (Å²) in [5.74, 6) is -1.33. The maximum Gasteiger partial charge on any atom is 0.250 e. The number of carbonyl (C=O) groups excluding carboxylic acids is 3. The van der Waals surface area contributed by atoms with Gasteiger partial charge in [0, 0.05) is 40.1 Å². The first-order valence-electron chi connectivity index (χ1n) is 10.0. The number of primary amides is 1. The zero-order chi connectivity index (χ0) is 22.5. The normalized spacial score (nSPS) is 20.6. The van der Waals surface area contributed by atoms with Crippen LogP contribution in [0.5, 0.6) is 0 Å². The topological polar surface area (TPSA) is 80.5 Å². The number of amides is 2. The molecule has 0 aromatic heterocycles. The number of hydrogen-bond donors (Lipinski definition) is 1. The summed E-state index contributed by atoms with van der Waals surface area (Å²) in [5, 5.41) is 0.902. The number of nitrogens with two attached hydrogens (primary N) is 1. The number of para-hydroxylation sites is 1. The molecular weight excluding hydrogens is 435 g/mol. The molecule has 1 unspecified atom stereocenters. The first-order chi connectivity index (χ1) is 14.6. The Morgan fingerprint density at radius 1 is 1.10 bits per heavy atom. The first kappa shape index (κ1) is 21.6. The molecule has 0 spiro atoms. The van der Waals surface area contributed by atoms with Gasteiger partial charge in [-0.25, -0.2) is 0 Å².